The summed E-state index contributed by atoms with van der Waals surface area (Å²) in [6, 6.07) is -0.874. The maximum Gasteiger partial charge on any atom is 0.331 e. The summed E-state index contributed by atoms with van der Waals surface area (Å²) >= 11 is 0. The van der Waals surface area contributed by atoms with Crippen LogP contribution in [0.4, 0.5) is 0 Å². The molecule has 6 nitrogen and oxygen atoms in total. The predicted octanol–water partition coefficient (Wildman–Crippen LogP) is 1.70. The minimum absolute atomic E-state index is 0.0180. The third-order valence-corrected chi connectivity index (χ3v) is 8.27. The van der Waals surface area contributed by atoms with Gasteiger partial charge in [-0.2, -0.15) is 0 Å². The van der Waals surface area contributed by atoms with Crippen molar-refractivity contribution in [3.8, 4) is 0 Å². The molecule has 0 spiro atoms. The maximum absolute atomic E-state index is 11.9. The molecule has 0 aliphatic rings. The molecule has 1 amide bonds. The van der Waals surface area contributed by atoms with Crippen molar-refractivity contribution >= 4 is 20.2 Å². The van der Waals surface area contributed by atoms with E-state index < -0.39 is 26.4 Å². The van der Waals surface area contributed by atoms with Gasteiger partial charge in [0.15, 0.2) is 14.4 Å². The van der Waals surface area contributed by atoms with Gasteiger partial charge in [0.1, 0.15) is 0 Å². The van der Waals surface area contributed by atoms with Crippen molar-refractivity contribution in [3.63, 3.8) is 0 Å². The summed E-state index contributed by atoms with van der Waals surface area (Å²) in [5.41, 5.74) is 0. The molecular formula is C14H29NO5Si. The van der Waals surface area contributed by atoms with Crippen LogP contribution >= 0.6 is 0 Å². The highest BCUT2D eigenvalue weighted by molar-refractivity contribution is 6.74. The number of carbonyl (C=O) groups excluding carboxylic acids is 2. The van der Waals surface area contributed by atoms with E-state index in [1.165, 1.54) is 21.1 Å². The van der Waals surface area contributed by atoms with Gasteiger partial charge in [0.05, 0.1) is 19.8 Å². The average molecular weight is 319 g/mol. The Morgan fingerprint density at radius 2 is 1.71 bits per heavy atom. The molecule has 1 N–H and O–H groups in total. The van der Waals surface area contributed by atoms with Gasteiger partial charge < -0.3 is 19.2 Å². The third-order valence-electron chi connectivity index (χ3n) is 3.77. The van der Waals surface area contributed by atoms with Crippen LogP contribution in [-0.2, 0) is 23.5 Å². The Morgan fingerprint density at radius 3 is 2.05 bits per heavy atom. The zero-order valence-electron chi connectivity index (χ0n) is 14.4. The van der Waals surface area contributed by atoms with Crippen molar-refractivity contribution in [1.29, 1.82) is 0 Å². The Kier molecular flexibility index (Phi) is 7.56. The topological polar surface area (TPSA) is 73.9 Å². The Hall–Kier alpha value is -0.923. The zero-order chi connectivity index (χ0) is 16.8. The Bertz CT molecular complexity index is 365. The fraction of sp³-hybridized carbons (Fsp3) is 0.857. The van der Waals surface area contributed by atoms with Gasteiger partial charge in [0.25, 0.3) is 0 Å². The second-order valence-electron chi connectivity index (χ2n) is 6.57. The number of esters is 1. The number of hydrogen-bond donors (Lipinski definition) is 1. The highest BCUT2D eigenvalue weighted by Gasteiger charge is 2.42. The van der Waals surface area contributed by atoms with Crippen molar-refractivity contribution in [2.24, 2.45) is 0 Å². The third kappa shape index (κ3) is 6.15. The molecule has 0 aromatic heterocycles. The van der Waals surface area contributed by atoms with Crippen LogP contribution in [0.15, 0.2) is 0 Å². The van der Waals surface area contributed by atoms with E-state index in [2.05, 4.69) is 39.2 Å². The zero-order valence-corrected chi connectivity index (χ0v) is 15.4. The van der Waals surface area contributed by atoms with Crippen molar-refractivity contribution in [2.75, 3.05) is 20.8 Å². The normalized spacial score (nSPS) is 15.2. The molecule has 2 atom stereocenters. The second kappa shape index (κ2) is 7.91. The Morgan fingerprint density at radius 1 is 1.19 bits per heavy atom. The first kappa shape index (κ1) is 20.1. The molecule has 0 aromatic rings. The number of rotatable bonds is 7. The molecule has 0 bridgehead atoms. The van der Waals surface area contributed by atoms with Crippen LogP contribution in [-0.4, -0.2) is 53.2 Å². The van der Waals surface area contributed by atoms with E-state index in [1.54, 1.807) is 0 Å². The van der Waals surface area contributed by atoms with E-state index in [-0.39, 0.29) is 17.6 Å². The lowest BCUT2D eigenvalue weighted by atomic mass is 10.1. The molecule has 0 saturated heterocycles. The molecule has 0 unspecified atom stereocenters. The van der Waals surface area contributed by atoms with E-state index in [4.69, 9.17) is 13.9 Å². The lowest BCUT2D eigenvalue weighted by molar-refractivity contribution is -0.148. The van der Waals surface area contributed by atoms with Crippen molar-refractivity contribution in [1.82, 2.24) is 5.32 Å². The number of ether oxygens (including phenoxy) is 2. The first-order valence-corrected chi connectivity index (χ1v) is 9.88. The molecule has 0 aliphatic carbocycles. The summed E-state index contributed by atoms with van der Waals surface area (Å²) in [6.07, 6.45) is -0.577. The van der Waals surface area contributed by atoms with Gasteiger partial charge in [-0.25, -0.2) is 4.79 Å². The lowest BCUT2D eigenvalue weighted by Crippen LogP contribution is -2.56. The first-order valence-electron chi connectivity index (χ1n) is 6.98. The highest BCUT2D eigenvalue weighted by atomic mass is 28.4. The van der Waals surface area contributed by atoms with Gasteiger partial charge in [-0.3, -0.25) is 4.79 Å². The molecule has 0 aliphatic heterocycles. The lowest BCUT2D eigenvalue weighted by Gasteiger charge is -2.40. The maximum atomic E-state index is 11.9. The van der Waals surface area contributed by atoms with E-state index in [0.717, 1.165) is 0 Å². The number of amides is 1. The number of hydrogen-bond acceptors (Lipinski definition) is 5. The molecule has 124 valence electrons. The predicted molar refractivity (Wildman–Crippen MR) is 83.6 cm³/mol. The van der Waals surface area contributed by atoms with Crippen LogP contribution in [0.1, 0.15) is 27.7 Å². The van der Waals surface area contributed by atoms with E-state index in [1.807, 2.05) is 0 Å². The van der Waals surface area contributed by atoms with Gasteiger partial charge in [-0.05, 0) is 18.1 Å². The fourth-order valence-corrected chi connectivity index (χ4v) is 2.88. The van der Waals surface area contributed by atoms with Gasteiger partial charge in [0.2, 0.25) is 5.91 Å². The highest BCUT2D eigenvalue weighted by Crippen LogP contribution is 2.37. The SMILES string of the molecule is COC[C@@H](O[Si](C)(C)C(C)(C)C)[C@H](NC(C)=O)C(=O)OC. The van der Waals surface area contributed by atoms with Crippen LogP contribution in [0.2, 0.25) is 18.1 Å². The largest absolute Gasteiger partial charge is 0.467 e. The van der Waals surface area contributed by atoms with Crippen LogP contribution < -0.4 is 5.32 Å². The summed E-state index contributed by atoms with van der Waals surface area (Å²) in [6.45, 7) is 12.0. The van der Waals surface area contributed by atoms with Crippen molar-refractivity contribution in [3.05, 3.63) is 0 Å². The number of methoxy groups -OCH3 is 2. The van der Waals surface area contributed by atoms with Crippen molar-refractivity contribution < 1.29 is 23.5 Å². The average Bonchev–Trinajstić information content (AvgIpc) is 2.32. The molecule has 0 heterocycles. The van der Waals surface area contributed by atoms with E-state index in [0.29, 0.717) is 0 Å². The van der Waals surface area contributed by atoms with Crippen LogP contribution in [0.25, 0.3) is 0 Å². The molecule has 0 aromatic carbocycles. The quantitative estimate of drug-likeness (QED) is 0.571. The molecule has 0 radical (unpaired) electrons. The van der Waals surface area contributed by atoms with Gasteiger partial charge in [0, 0.05) is 14.0 Å². The summed E-state index contributed by atoms with van der Waals surface area (Å²) < 4.78 is 16.2. The minimum Gasteiger partial charge on any atom is -0.467 e. The summed E-state index contributed by atoms with van der Waals surface area (Å²) in [4.78, 5) is 23.3. The van der Waals surface area contributed by atoms with E-state index >= 15 is 0 Å². The second-order valence-corrected chi connectivity index (χ2v) is 11.3. The summed E-state index contributed by atoms with van der Waals surface area (Å²) in [7, 11) is 0.700. The Labute approximate surface area is 128 Å². The molecule has 0 rings (SSSR count). The molecule has 21 heavy (non-hydrogen) atoms. The van der Waals surface area contributed by atoms with Crippen LogP contribution in [0.3, 0.4) is 0 Å². The number of carbonyl (C=O) groups is 2. The standard InChI is InChI=1S/C14H29NO5Si/c1-10(16)15-12(13(17)19-6)11(9-18-5)20-21(7,8)14(2,3)4/h11-12H,9H2,1-8H3,(H,15,16)/t11-,12+/m1/s1. The first-order chi connectivity index (χ1) is 9.46. The Balaban J connectivity index is 5.31. The molecule has 0 saturated carbocycles. The summed E-state index contributed by atoms with van der Waals surface area (Å²) in [5.74, 6) is -0.851. The number of nitrogens with one attached hydrogen (secondary N) is 1. The van der Waals surface area contributed by atoms with Gasteiger partial charge >= 0.3 is 5.97 Å². The van der Waals surface area contributed by atoms with Gasteiger partial charge in [-0.15, -0.1) is 0 Å². The minimum atomic E-state index is -2.12. The van der Waals surface area contributed by atoms with Crippen LogP contribution in [0.5, 0.6) is 0 Å². The smallest absolute Gasteiger partial charge is 0.331 e. The fourth-order valence-electron chi connectivity index (χ4n) is 1.57. The van der Waals surface area contributed by atoms with Crippen LogP contribution in [0, 0.1) is 0 Å². The molecule has 0 fully saturated rings. The van der Waals surface area contributed by atoms with Gasteiger partial charge in [-0.1, -0.05) is 20.8 Å². The van der Waals surface area contributed by atoms with Crippen molar-refractivity contribution in [2.45, 2.75) is 58.0 Å². The molecular weight excluding hydrogens is 290 g/mol. The monoisotopic (exact) mass is 319 g/mol. The molecule has 7 heteroatoms. The van der Waals surface area contributed by atoms with E-state index in [9.17, 15) is 9.59 Å². The summed E-state index contributed by atoms with van der Waals surface area (Å²) in [5, 5.41) is 2.58.